The predicted octanol–water partition coefficient (Wildman–Crippen LogP) is 5.87. The molecule has 4 rings (SSSR count). The van der Waals surface area contributed by atoms with Crippen LogP contribution in [0.4, 0.5) is 5.69 Å². The fourth-order valence-corrected chi connectivity index (χ4v) is 3.69. The largest absolute Gasteiger partial charge is 0.277 e. The molecule has 0 aliphatic rings. The van der Waals surface area contributed by atoms with Crippen LogP contribution < -0.4 is 5.43 Å². The van der Waals surface area contributed by atoms with Gasteiger partial charge in [0.1, 0.15) is 6.07 Å². The summed E-state index contributed by atoms with van der Waals surface area (Å²) in [5.74, 6) is 0. The van der Waals surface area contributed by atoms with Crippen LogP contribution in [0, 0.1) is 11.3 Å². The number of fused-ring (bicyclic) bond motifs is 1. The Morgan fingerprint density at radius 2 is 1.86 bits per heavy atom. The van der Waals surface area contributed by atoms with Crippen molar-refractivity contribution in [3.05, 3.63) is 82.7 Å². The molecule has 5 heteroatoms. The Hall–Kier alpha value is -3.49. The van der Waals surface area contributed by atoms with E-state index in [0.717, 1.165) is 23.4 Å². The summed E-state index contributed by atoms with van der Waals surface area (Å²) in [6.45, 7) is 2.12. The Morgan fingerprint density at radius 1 is 1.07 bits per heavy atom. The van der Waals surface area contributed by atoms with E-state index in [1.807, 2.05) is 41.8 Å². The summed E-state index contributed by atoms with van der Waals surface area (Å²) in [4.78, 5) is 4.62. The molecule has 0 saturated heterocycles. The molecular formula is C23H18N4S. The number of aryl methyl sites for hydroxylation is 1. The van der Waals surface area contributed by atoms with Crippen molar-refractivity contribution in [1.29, 1.82) is 5.26 Å². The van der Waals surface area contributed by atoms with Gasteiger partial charge in [0.05, 0.1) is 11.4 Å². The van der Waals surface area contributed by atoms with Gasteiger partial charge in [-0.3, -0.25) is 5.43 Å². The number of hydrogen-bond donors (Lipinski definition) is 1. The van der Waals surface area contributed by atoms with Crippen LogP contribution in [-0.4, -0.2) is 10.7 Å². The van der Waals surface area contributed by atoms with E-state index in [9.17, 15) is 5.26 Å². The van der Waals surface area contributed by atoms with Gasteiger partial charge < -0.3 is 0 Å². The first-order valence-corrected chi connectivity index (χ1v) is 9.92. The molecule has 1 N–H and O–H groups in total. The highest BCUT2D eigenvalue weighted by Gasteiger charge is 2.11. The average Bonchev–Trinajstić information content (AvgIpc) is 3.24. The average molecular weight is 382 g/mol. The molecule has 0 spiro atoms. The van der Waals surface area contributed by atoms with Crippen LogP contribution in [0.25, 0.3) is 22.0 Å². The first-order chi connectivity index (χ1) is 13.8. The molecule has 1 aromatic heterocycles. The third-order valence-corrected chi connectivity index (χ3v) is 5.37. The molecule has 0 bridgehead atoms. The van der Waals surface area contributed by atoms with Crippen LogP contribution in [0.3, 0.4) is 0 Å². The standard InChI is InChI=1S/C23H18N4S/c1-2-16-7-11-20(12-8-16)26-27-21(14-24)23-25-22(15-28-23)19-10-9-17-5-3-4-6-18(17)13-19/h3-13,15,26H,2H2,1H3/b27-21+. The highest BCUT2D eigenvalue weighted by atomic mass is 32.1. The molecule has 0 amide bonds. The number of anilines is 1. The molecule has 0 aliphatic carbocycles. The number of nitrogens with one attached hydrogen (secondary N) is 1. The highest BCUT2D eigenvalue weighted by molar-refractivity contribution is 7.12. The lowest BCUT2D eigenvalue weighted by atomic mass is 10.1. The van der Waals surface area contributed by atoms with Crippen molar-refractivity contribution in [2.24, 2.45) is 5.10 Å². The lowest BCUT2D eigenvalue weighted by molar-refractivity contribution is 1.14. The molecule has 0 fully saturated rings. The van der Waals surface area contributed by atoms with Gasteiger partial charge in [-0.1, -0.05) is 55.5 Å². The summed E-state index contributed by atoms with van der Waals surface area (Å²) in [5, 5.41) is 18.7. The number of aromatic nitrogens is 1. The zero-order valence-electron chi connectivity index (χ0n) is 15.4. The second kappa shape index (κ2) is 8.03. The number of nitriles is 1. The van der Waals surface area contributed by atoms with E-state index in [1.54, 1.807) is 0 Å². The van der Waals surface area contributed by atoms with E-state index in [0.29, 0.717) is 5.01 Å². The number of benzene rings is 3. The number of nitrogens with zero attached hydrogens (tertiary/aromatic N) is 3. The van der Waals surface area contributed by atoms with Gasteiger partial charge >= 0.3 is 0 Å². The second-order valence-electron chi connectivity index (χ2n) is 6.33. The molecule has 0 atom stereocenters. The van der Waals surface area contributed by atoms with E-state index < -0.39 is 0 Å². The van der Waals surface area contributed by atoms with Gasteiger partial charge in [-0.05, 0) is 41.0 Å². The van der Waals surface area contributed by atoms with Gasteiger partial charge in [-0.2, -0.15) is 10.4 Å². The fourth-order valence-electron chi connectivity index (χ4n) is 2.92. The van der Waals surface area contributed by atoms with Gasteiger partial charge in [0.25, 0.3) is 0 Å². The molecule has 1 heterocycles. The fraction of sp³-hybridized carbons (Fsp3) is 0.0870. The summed E-state index contributed by atoms with van der Waals surface area (Å²) in [6, 6.07) is 24.6. The maximum absolute atomic E-state index is 9.51. The van der Waals surface area contributed by atoms with Crippen molar-refractivity contribution in [3.63, 3.8) is 0 Å². The number of rotatable bonds is 5. The summed E-state index contributed by atoms with van der Waals surface area (Å²) >= 11 is 1.42. The number of thiazole rings is 1. The van der Waals surface area contributed by atoms with Crippen LogP contribution in [0.1, 0.15) is 17.5 Å². The zero-order valence-corrected chi connectivity index (χ0v) is 16.2. The number of hydrogen-bond acceptors (Lipinski definition) is 5. The van der Waals surface area contributed by atoms with E-state index >= 15 is 0 Å². The zero-order chi connectivity index (χ0) is 19.3. The quantitative estimate of drug-likeness (QED) is 0.347. The van der Waals surface area contributed by atoms with Gasteiger partial charge in [0.2, 0.25) is 0 Å². The Bertz CT molecular complexity index is 1180. The Kier molecular flexibility index (Phi) is 5.14. The van der Waals surface area contributed by atoms with E-state index in [2.05, 4.69) is 58.8 Å². The highest BCUT2D eigenvalue weighted by Crippen LogP contribution is 2.26. The van der Waals surface area contributed by atoms with Crippen molar-refractivity contribution in [3.8, 4) is 17.3 Å². The first kappa shape index (κ1) is 17.9. The summed E-state index contributed by atoms with van der Waals surface area (Å²) in [5.41, 5.74) is 7.21. The van der Waals surface area contributed by atoms with Gasteiger partial charge in [-0.25, -0.2) is 4.98 Å². The minimum Gasteiger partial charge on any atom is -0.277 e. The molecule has 28 heavy (non-hydrogen) atoms. The Labute approximate surface area is 167 Å². The Balaban J connectivity index is 1.57. The lowest BCUT2D eigenvalue weighted by Crippen LogP contribution is -2.01. The molecule has 136 valence electrons. The van der Waals surface area contributed by atoms with Crippen molar-refractivity contribution >= 4 is 33.5 Å². The molecule has 0 saturated carbocycles. The minimum atomic E-state index is 0.275. The van der Waals surface area contributed by atoms with E-state index in [1.165, 1.54) is 27.7 Å². The molecule has 4 nitrogen and oxygen atoms in total. The topological polar surface area (TPSA) is 61.1 Å². The van der Waals surface area contributed by atoms with Crippen molar-refractivity contribution < 1.29 is 0 Å². The Morgan fingerprint density at radius 3 is 2.61 bits per heavy atom. The van der Waals surface area contributed by atoms with E-state index in [-0.39, 0.29) is 5.71 Å². The SMILES string of the molecule is CCc1ccc(N/N=C(\C#N)c2nc(-c3ccc4ccccc4c3)cs2)cc1. The van der Waals surface area contributed by atoms with E-state index in [4.69, 9.17) is 0 Å². The molecule has 0 radical (unpaired) electrons. The van der Waals surface area contributed by atoms with Gasteiger partial charge in [0.15, 0.2) is 10.7 Å². The predicted molar refractivity (Wildman–Crippen MR) is 117 cm³/mol. The minimum absolute atomic E-state index is 0.275. The second-order valence-corrected chi connectivity index (χ2v) is 7.19. The monoisotopic (exact) mass is 382 g/mol. The molecule has 3 aromatic carbocycles. The lowest BCUT2D eigenvalue weighted by Gasteiger charge is -2.02. The summed E-state index contributed by atoms with van der Waals surface area (Å²) < 4.78 is 0. The molecule has 0 unspecified atom stereocenters. The van der Waals surface area contributed by atoms with Crippen molar-refractivity contribution in [2.45, 2.75) is 13.3 Å². The van der Waals surface area contributed by atoms with Crippen LogP contribution in [0.5, 0.6) is 0 Å². The third kappa shape index (κ3) is 3.78. The maximum atomic E-state index is 9.51. The van der Waals surface area contributed by atoms with Gasteiger partial charge in [0, 0.05) is 10.9 Å². The maximum Gasteiger partial charge on any atom is 0.196 e. The summed E-state index contributed by atoms with van der Waals surface area (Å²) in [7, 11) is 0. The van der Waals surface area contributed by atoms with Crippen molar-refractivity contribution in [1.82, 2.24) is 4.98 Å². The molecular weight excluding hydrogens is 364 g/mol. The first-order valence-electron chi connectivity index (χ1n) is 9.04. The summed E-state index contributed by atoms with van der Waals surface area (Å²) in [6.07, 6.45) is 0.990. The smallest absolute Gasteiger partial charge is 0.196 e. The normalized spacial score (nSPS) is 11.4. The van der Waals surface area contributed by atoms with Crippen LogP contribution in [0.15, 0.2) is 77.2 Å². The third-order valence-electron chi connectivity index (χ3n) is 4.52. The molecule has 4 aromatic rings. The molecule has 0 aliphatic heterocycles. The van der Waals surface area contributed by atoms with Crippen LogP contribution in [-0.2, 0) is 6.42 Å². The number of hydrazone groups is 1. The van der Waals surface area contributed by atoms with Crippen LogP contribution in [0.2, 0.25) is 0 Å². The van der Waals surface area contributed by atoms with Gasteiger partial charge in [-0.15, -0.1) is 11.3 Å². The van der Waals surface area contributed by atoms with Crippen LogP contribution >= 0.6 is 11.3 Å². The van der Waals surface area contributed by atoms with Crippen molar-refractivity contribution in [2.75, 3.05) is 5.43 Å².